The van der Waals surface area contributed by atoms with Crippen molar-refractivity contribution in [2.45, 2.75) is 56.2 Å². The molecule has 1 unspecified atom stereocenters. The van der Waals surface area contributed by atoms with Gasteiger partial charge in [-0.3, -0.25) is 4.79 Å². The van der Waals surface area contributed by atoms with Crippen LogP contribution in [0, 0.1) is 0 Å². The fourth-order valence-corrected chi connectivity index (χ4v) is 6.41. The van der Waals surface area contributed by atoms with Crippen LogP contribution in [0.4, 0.5) is 5.00 Å². The molecule has 0 aliphatic heterocycles. The second-order valence-electron chi connectivity index (χ2n) is 8.19. The van der Waals surface area contributed by atoms with Gasteiger partial charge in [-0.2, -0.15) is 0 Å². The number of anilines is 1. The van der Waals surface area contributed by atoms with Crippen LogP contribution in [0.15, 0.2) is 40.0 Å². The number of carbonyl (C=O) groups is 2. The molecule has 1 amide bonds. The standard InChI is InChI=1S/C25H25N3O4S2/c1-3-31-25(30)19-16-10-5-4-6-12-18(16)34-23(19)28-22(29)14(2)33-24-21-20(26-13-27-24)15-9-7-8-11-17(15)32-21/h7-9,11,13-14H,3-6,10,12H2,1-2H3,(H,28,29). The van der Waals surface area contributed by atoms with Gasteiger partial charge in [-0.15, -0.1) is 11.3 Å². The van der Waals surface area contributed by atoms with Crippen LogP contribution in [0.3, 0.4) is 0 Å². The number of aromatic nitrogens is 2. The van der Waals surface area contributed by atoms with Crippen LogP contribution < -0.4 is 5.32 Å². The summed E-state index contributed by atoms with van der Waals surface area (Å²) in [5, 5.41) is 4.64. The topological polar surface area (TPSA) is 94.3 Å². The number of hydrogen-bond acceptors (Lipinski definition) is 8. The van der Waals surface area contributed by atoms with E-state index >= 15 is 0 Å². The summed E-state index contributed by atoms with van der Waals surface area (Å²) in [6, 6.07) is 7.69. The summed E-state index contributed by atoms with van der Waals surface area (Å²) >= 11 is 2.81. The van der Waals surface area contributed by atoms with Crippen LogP contribution in [0.1, 0.15) is 53.9 Å². The van der Waals surface area contributed by atoms with E-state index < -0.39 is 5.25 Å². The fraction of sp³-hybridized carbons (Fsp3) is 0.360. The van der Waals surface area contributed by atoms with Crippen molar-refractivity contribution in [2.24, 2.45) is 0 Å². The Balaban J connectivity index is 1.40. The zero-order valence-corrected chi connectivity index (χ0v) is 20.7. The summed E-state index contributed by atoms with van der Waals surface area (Å²) < 4.78 is 11.3. The minimum Gasteiger partial charge on any atom is -0.462 e. The van der Waals surface area contributed by atoms with E-state index in [1.165, 1.54) is 34.3 Å². The molecule has 3 heterocycles. The Morgan fingerprint density at radius 3 is 2.88 bits per heavy atom. The molecular formula is C25H25N3O4S2. The maximum Gasteiger partial charge on any atom is 0.341 e. The second-order valence-corrected chi connectivity index (χ2v) is 10.6. The lowest BCUT2D eigenvalue weighted by atomic mass is 10.1. The summed E-state index contributed by atoms with van der Waals surface area (Å²) in [7, 11) is 0. The molecular weight excluding hydrogens is 470 g/mol. The van der Waals surface area contributed by atoms with Gasteiger partial charge in [0.1, 0.15) is 27.5 Å². The van der Waals surface area contributed by atoms with Crippen molar-refractivity contribution < 1.29 is 18.7 Å². The first-order valence-electron chi connectivity index (χ1n) is 11.5. The van der Waals surface area contributed by atoms with Gasteiger partial charge in [-0.1, -0.05) is 30.3 Å². The zero-order valence-electron chi connectivity index (χ0n) is 19.1. The van der Waals surface area contributed by atoms with Crippen LogP contribution in [-0.2, 0) is 22.4 Å². The number of thiophene rings is 1. The number of benzene rings is 1. The molecule has 0 saturated heterocycles. The average molecular weight is 496 g/mol. The highest BCUT2D eigenvalue weighted by atomic mass is 32.2. The number of aryl methyl sites for hydroxylation is 1. The van der Waals surface area contributed by atoms with E-state index in [1.807, 2.05) is 31.2 Å². The Morgan fingerprint density at radius 2 is 2.03 bits per heavy atom. The molecule has 3 aromatic heterocycles. The lowest BCUT2D eigenvalue weighted by molar-refractivity contribution is -0.115. The molecule has 1 N–H and O–H groups in total. The Labute approximate surface area is 205 Å². The van der Waals surface area contributed by atoms with Gasteiger partial charge in [0.05, 0.1) is 17.4 Å². The summed E-state index contributed by atoms with van der Waals surface area (Å²) in [4.78, 5) is 35.9. The largest absolute Gasteiger partial charge is 0.462 e. The molecule has 0 saturated carbocycles. The molecule has 176 valence electrons. The number of ether oxygens (including phenoxy) is 1. The number of esters is 1. The maximum atomic E-state index is 13.2. The van der Waals surface area contributed by atoms with Crippen molar-refractivity contribution >= 4 is 62.0 Å². The van der Waals surface area contributed by atoms with E-state index in [9.17, 15) is 9.59 Å². The third-order valence-electron chi connectivity index (χ3n) is 5.92. The number of hydrogen-bond donors (Lipinski definition) is 1. The first-order chi connectivity index (χ1) is 16.6. The first kappa shape index (κ1) is 22.9. The molecule has 5 rings (SSSR count). The quantitative estimate of drug-likeness (QED) is 0.152. The third kappa shape index (κ3) is 4.30. The molecule has 9 heteroatoms. The molecule has 34 heavy (non-hydrogen) atoms. The molecule has 7 nitrogen and oxygen atoms in total. The molecule has 0 radical (unpaired) electrons. The SMILES string of the molecule is CCOC(=O)c1c(NC(=O)C(C)Sc2ncnc3c2oc2ccccc23)sc2c1CCCCC2. The lowest BCUT2D eigenvalue weighted by Gasteiger charge is -2.12. The van der Waals surface area contributed by atoms with Crippen molar-refractivity contribution in [2.75, 3.05) is 11.9 Å². The Morgan fingerprint density at radius 1 is 1.21 bits per heavy atom. The van der Waals surface area contributed by atoms with Crippen LogP contribution in [-0.4, -0.2) is 33.7 Å². The minimum absolute atomic E-state index is 0.199. The number of amides is 1. The van der Waals surface area contributed by atoms with E-state index in [4.69, 9.17) is 9.15 Å². The van der Waals surface area contributed by atoms with Crippen LogP contribution in [0.25, 0.3) is 22.1 Å². The summed E-state index contributed by atoms with van der Waals surface area (Å²) in [5.41, 5.74) is 3.60. The van der Waals surface area contributed by atoms with Gasteiger partial charge in [0.25, 0.3) is 0 Å². The number of rotatable bonds is 6. The van der Waals surface area contributed by atoms with Crippen LogP contribution in [0.5, 0.6) is 0 Å². The smallest absolute Gasteiger partial charge is 0.341 e. The molecule has 0 fully saturated rings. The number of thioether (sulfide) groups is 1. The predicted molar refractivity (Wildman–Crippen MR) is 135 cm³/mol. The van der Waals surface area contributed by atoms with Gasteiger partial charge < -0.3 is 14.5 Å². The van der Waals surface area contributed by atoms with Gasteiger partial charge >= 0.3 is 5.97 Å². The summed E-state index contributed by atoms with van der Waals surface area (Å²) in [6.45, 7) is 3.91. The normalized spacial score (nSPS) is 14.5. The van der Waals surface area contributed by atoms with E-state index in [1.54, 1.807) is 6.92 Å². The summed E-state index contributed by atoms with van der Waals surface area (Å²) in [5.74, 6) is -0.563. The molecule has 1 aliphatic rings. The number of furan rings is 1. The van der Waals surface area contributed by atoms with Gasteiger partial charge in [-0.05, 0) is 57.2 Å². The molecule has 0 bridgehead atoms. The maximum absolute atomic E-state index is 13.2. The van der Waals surface area contributed by atoms with Crippen LogP contribution in [0.2, 0.25) is 0 Å². The first-order valence-corrected chi connectivity index (χ1v) is 13.2. The molecule has 1 atom stereocenters. The van der Waals surface area contributed by atoms with Crippen molar-refractivity contribution in [3.05, 3.63) is 46.6 Å². The highest BCUT2D eigenvalue weighted by Gasteiger charge is 2.28. The van der Waals surface area contributed by atoms with Gasteiger partial charge in [0, 0.05) is 10.3 Å². The predicted octanol–water partition coefficient (Wildman–Crippen LogP) is 6.00. The van der Waals surface area contributed by atoms with Crippen LogP contribution >= 0.6 is 23.1 Å². The van der Waals surface area contributed by atoms with Gasteiger partial charge in [-0.25, -0.2) is 14.8 Å². The molecule has 1 aliphatic carbocycles. The Kier molecular flexibility index (Phi) is 6.56. The van der Waals surface area contributed by atoms with E-state index in [0.717, 1.165) is 54.2 Å². The van der Waals surface area contributed by atoms with Gasteiger partial charge in [0.2, 0.25) is 5.91 Å². The lowest BCUT2D eigenvalue weighted by Crippen LogP contribution is -2.23. The Hall–Kier alpha value is -2.91. The number of nitrogens with one attached hydrogen (secondary N) is 1. The zero-order chi connectivity index (χ0) is 23.7. The third-order valence-corrected chi connectivity index (χ3v) is 8.21. The second kappa shape index (κ2) is 9.76. The van der Waals surface area contributed by atoms with E-state index in [0.29, 0.717) is 27.8 Å². The number of fused-ring (bicyclic) bond motifs is 4. The molecule has 0 spiro atoms. The number of para-hydroxylation sites is 1. The van der Waals surface area contributed by atoms with Crippen molar-refractivity contribution in [1.29, 1.82) is 0 Å². The average Bonchev–Trinajstić information content (AvgIpc) is 3.29. The van der Waals surface area contributed by atoms with Crippen molar-refractivity contribution in [1.82, 2.24) is 9.97 Å². The molecule has 1 aromatic carbocycles. The van der Waals surface area contributed by atoms with Crippen molar-refractivity contribution in [3.63, 3.8) is 0 Å². The highest BCUT2D eigenvalue weighted by molar-refractivity contribution is 8.00. The van der Waals surface area contributed by atoms with E-state index in [2.05, 4.69) is 15.3 Å². The fourth-order valence-electron chi connectivity index (χ4n) is 4.27. The number of carbonyl (C=O) groups excluding carboxylic acids is 2. The monoisotopic (exact) mass is 495 g/mol. The summed E-state index contributed by atoms with van der Waals surface area (Å²) in [6.07, 6.45) is 6.54. The highest BCUT2D eigenvalue weighted by Crippen LogP contribution is 2.39. The van der Waals surface area contributed by atoms with Gasteiger partial charge in [0.15, 0.2) is 5.58 Å². The minimum atomic E-state index is -0.469. The van der Waals surface area contributed by atoms with Crippen molar-refractivity contribution in [3.8, 4) is 0 Å². The molecule has 4 aromatic rings. The van der Waals surface area contributed by atoms with E-state index in [-0.39, 0.29) is 11.9 Å². The Bertz CT molecular complexity index is 1380. The number of nitrogens with zero attached hydrogens (tertiary/aromatic N) is 2.